The monoisotopic (exact) mass is 187 g/mol. The molecule has 1 nitrogen and oxygen atoms in total. The molecule has 0 aromatic heterocycles. The highest BCUT2D eigenvalue weighted by molar-refractivity contribution is 7.80. The quantitative estimate of drug-likeness (QED) is 0.664. The summed E-state index contributed by atoms with van der Waals surface area (Å²) in [5.41, 5.74) is 0. The van der Waals surface area contributed by atoms with E-state index < -0.39 is 0 Å². The molecule has 1 rings (SSSR count). The van der Waals surface area contributed by atoms with Crippen LogP contribution < -0.4 is 0 Å². The van der Waals surface area contributed by atoms with E-state index >= 15 is 0 Å². The maximum atomic E-state index is 4.44. The highest BCUT2D eigenvalue weighted by Crippen LogP contribution is 2.23. The summed E-state index contributed by atoms with van der Waals surface area (Å²) in [5, 5.41) is 0.586. The van der Waals surface area contributed by atoms with Crippen molar-refractivity contribution in [1.29, 1.82) is 0 Å². The first-order chi connectivity index (χ1) is 5.72. The molecule has 0 spiro atoms. The van der Waals surface area contributed by atoms with E-state index in [2.05, 4.69) is 31.4 Å². The first-order valence-corrected chi connectivity index (χ1v) is 5.64. The van der Waals surface area contributed by atoms with Gasteiger partial charge < -0.3 is 4.90 Å². The third kappa shape index (κ3) is 3.36. The molecule has 0 bridgehead atoms. The molecular formula is C10H21NS. The molecule has 0 aromatic carbocycles. The van der Waals surface area contributed by atoms with Crippen LogP contribution in [0.15, 0.2) is 0 Å². The van der Waals surface area contributed by atoms with Crippen LogP contribution in [0, 0.1) is 5.92 Å². The summed E-state index contributed by atoms with van der Waals surface area (Å²) in [6.07, 6.45) is 4.08. The van der Waals surface area contributed by atoms with Crippen molar-refractivity contribution in [3.8, 4) is 0 Å². The molecule has 0 saturated carbocycles. The molecule has 1 aliphatic heterocycles. The van der Waals surface area contributed by atoms with Gasteiger partial charge in [-0.15, -0.1) is 0 Å². The van der Waals surface area contributed by atoms with Crippen molar-refractivity contribution in [2.24, 2.45) is 5.92 Å². The molecule has 1 heterocycles. The van der Waals surface area contributed by atoms with Crippen LogP contribution in [0.3, 0.4) is 0 Å². The Morgan fingerprint density at radius 2 is 2.00 bits per heavy atom. The average Bonchev–Trinajstić information content (AvgIpc) is 2.05. The molecular weight excluding hydrogens is 166 g/mol. The van der Waals surface area contributed by atoms with Gasteiger partial charge in [0.25, 0.3) is 0 Å². The molecule has 1 aliphatic rings. The van der Waals surface area contributed by atoms with Crippen LogP contribution in [0.2, 0.25) is 0 Å². The van der Waals surface area contributed by atoms with Crippen molar-refractivity contribution in [3.05, 3.63) is 0 Å². The third-order valence-corrected chi connectivity index (χ3v) is 3.04. The van der Waals surface area contributed by atoms with Gasteiger partial charge in [-0.2, -0.15) is 12.6 Å². The zero-order chi connectivity index (χ0) is 8.97. The summed E-state index contributed by atoms with van der Waals surface area (Å²) in [6, 6.07) is 0. The Morgan fingerprint density at radius 1 is 1.42 bits per heavy atom. The van der Waals surface area contributed by atoms with Gasteiger partial charge in [0.1, 0.15) is 0 Å². The smallest absolute Gasteiger partial charge is 0.000894 e. The standard InChI is InChI=1S/C10H21NS/c1-3-11-6-4-10(5-7-11)8-9(2)12/h9-10,12H,3-8H2,1-2H3. The zero-order valence-electron chi connectivity index (χ0n) is 8.29. The predicted octanol–water partition coefficient (Wildman–Crippen LogP) is 2.43. The molecule has 0 N–H and O–H groups in total. The van der Waals surface area contributed by atoms with E-state index in [0.29, 0.717) is 5.25 Å². The van der Waals surface area contributed by atoms with E-state index in [1.807, 2.05) is 0 Å². The summed E-state index contributed by atoms with van der Waals surface area (Å²) in [6.45, 7) is 8.29. The summed E-state index contributed by atoms with van der Waals surface area (Å²) in [7, 11) is 0. The Morgan fingerprint density at radius 3 is 2.42 bits per heavy atom. The molecule has 0 aromatic rings. The average molecular weight is 187 g/mol. The van der Waals surface area contributed by atoms with E-state index in [-0.39, 0.29) is 0 Å². The molecule has 0 radical (unpaired) electrons. The molecule has 1 saturated heterocycles. The van der Waals surface area contributed by atoms with Crippen LogP contribution in [0.25, 0.3) is 0 Å². The Hall–Kier alpha value is 0.310. The maximum absolute atomic E-state index is 4.44. The fourth-order valence-electron chi connectivity index (χ4n) is 2.02. The number of piperidine rings is 1. The van der Waals surface area contributed by atoms with Crippen LogP contribution >= 0.6 is 12.6 Å². The van der Waals surface area contributed by atoms with Crippen molar-refractivity contribution < 1.29 is 0 Å². The van der Waals surface area contributed by atoms with Crippen molar-refractivity contribution in [3.63, 3.8) is 0 Å². The SMILES string of the molecule is CCN1CCC(CC(C)S)CC1. The van der Waals surface area contributed by atoms with Crippen LogP contribution in [-0.4, -0.2) is 29.8 Å². The van der Waals surface area contributed by atoms with E-state index in [1.54, 1.807) is 0 Å². The van der Waals surface area contributed by atoms with Gasteiger partial charge in [0.2, 0.25) is 0 Å². The maximum Gasteiger partial charge on any atom is -0.000894 e. The number of hydrogen-bond acceptors (Lipinski definition) is 2. The molecule has 2 heteroatoms. The Bertz CT molecular complexity index is 117. The van der Waals surface area contributed by atoms with Gasteiger partial charge in [-0.1, -0.05) is 13.8 Å². The number of hydrogen-bond donors (Lipinski definition) is 1. The minimum Gasteiger partial charge on any atom is -0.304 e. The number of rotatable bonds is 3. The third-order valence-electron chi connectivity index (χ3n) is 2.83. The van der Waals surface area contributed by atoms with Gasteiger partial charge in [-0.3, -0.25) is 0 Å². The van der Waals surface area contributed by atoms with Gasteiger partial charge in [-0.05, 0) is 50.1 Å². The van der Waals surface area contributed by atoms with Crippen LogP contribution in [0.1, 0.15) is 33.1 Å². The Kier molecular flexibility index (Phi) is 4.44. The Balaban J connectivity index is 2.17. The lowest BCUT2D eigenvalue weighted by atomic mass is 9.92. The van der Waals surface area contributed by atoms with E-state index in [9.17, 15) is 0 Å². The van der Waals surface area contributed by atoms with Gasteiger partial charge in [0.15, 0.2) is 0 Å². The molecule has 1 atom stereocenters. The fraction of sp³-hybridized carbons (Fsp3) is 1.00. The van der Waals surface area contributed by atoms with E-state index in [0.717, 1.165) is 5.92 Å². The largest absolute Gasteiger partial charge is 0.304 e. The molecule has 1 fully saturated rings. The Labute approximate surface area is 81.9 Å². The van der Waals surface area contributed by atoms with Crippen molar-refractivity contribution >= 4 is 12.6 Å². The second-order valence-corrected chi connectivity index (χ2v) is 4.84. The van der Waals surface area contributed by atoms with Gasteiger partial charge >= 0.3 is 0 Å². The summed E-state index contributed by atoms with van der Waals surface area (Å²) >= 11 is 4.44. The fourth-order valence-corrected chi connectivity index (χ4v) is 2.32. The zero-order valence-corrected chi connectivity index (χ0v) is 9.19. The lowest BCUT2D eigenvalue weighted by molar-refractivity contribution is 0.187. The molecule has 12 heavy (non-hydrogen) atoms. The summed E-state index contributed by atoms with van der Waals surface area (Å²) in [4.78, 5) is 2.54. The summed E-state index contributed by atoms with van der Waals surface area (Å²) in [5.74, 6) is 0.945. The second-order valence-electron chi connectivity index (χ2n) is 3.96. The lowest BCUT2D eigenvalue weighted by Crippen LogP contribution is -2.33. The van der Waals surface area contributed by atoms with Crippen molar-refractivity contribution in [2.75, 3.05) is 19.6 Å². The normalized spacial score (nSPS) is 24.2. The van der Waals surface area contributed by atoms with Crippen LogP contribution in [0.5, 0.6) is 0 Å². The number of thiol groups is 1. The first-order valence-electron chi connectivity index (χ1n) is 5.12. The minimum atomic E-state index is 0.586. The number of nitrogens with zero attached hydrogens (tertiary/aromatic N) is 1. The van der Waals surface area contributed by atoms with Gasteiger partial charge in [0.05, 0.1) is 0 Å². The second kappa shape index (κ2) is 5.13. The van der Waals surface area contributed by atoms with E-state index in [4.69, 9.17) is 0 Å². The molecule has 0 amide bonds. The number of likely N-dealkylation sites (tertiary alicyclic amines) is 1. The van der Waals surface area contributed by atoms with Crippen LogP contribution in [-0.2, 0) is 0 Å². The topological polar surface area (TPSA) is 3.24 Å². The van der Waals surface area contributed by atoms with Crippen LogP contribution in [0.4, 0.5) is 0 Å². The molecule has 1 unspecified atom stereocenters. The molecule has 0 aliphatic carbocycles. The van der Waals surface area contributed by atoms with E-state index in [1.165, 1.54) is 38.9 Å². The predicted molar refractivity (Wildman–Crippen MR) is 57.9 cm³/mol. The highest BCUT2D eigenvalue weighted by Gasteiger charge is 2.18. The summed E-state index contributed by atoms with van der Waals surface area (Å²) < 4.78 is 0. The highest BCUT2D eigenvalue weighted by atomic mass is 32.1. The molecule has 72 valence electrons. The van der Waals surface area contributed by atoms with Gasteiger partial charge in [0, 0.05) is 0 Å². The van der Waals surface area contributed by atoms with Crippen molar-refractivity contribution in [2.45, 2.75) is 38.4 Å². The lowest BCUT2D eigenvalue weighted by Gasteiger charge is -2.31. The van der Waals surface area contributed by atoms with Crippen molar-refractivity contribution in [1.82, 2.24) is 4.90 Å². The minimum absolute atomic E-state index is 0.586. The van der Waals surface area contributed by atoms with Gasteiger partial charge in [-0.25, -0.2) is 0 Å². The first kappa shape index (κ1) is 10.4.